The zero-order chi connectivity index (χ0) is 21.7. The Hall–Kier alpha value is -3.04. The van der Waals surface area contributed by atoms with Crippen LogP contribution in [-0.2, 0) is 14.8 Å². The summed E-state index contributed by atoms with van der Waals surface area (Å²) in [6, 6.07) is 11.7. The predicted molar refractivity (Wildman–Crippen MR) is 115 cm³/mol. The first-order valence-corrected chi connectivity index (χ1v) is 11.2. The quantitative estimate of drug-likeness (QED) is 0.558. The van der Waals surface area contributed by atoms with Crippen molar-refractivity contribution in [3.05, 3.63) is 66.1 Å². The molecule has 0 fully saturated rings. The maximum Gasteiger partial charge on any atom is 0.244 e. The third kappa shape index (κ3) is 4.58. The number of nitrogens with zero attached hydrogens (tertiary/aromatic N) is 4. The van der Waals surface area contributed by atoms with Crippen molar-refractivity contribution in [3.8, 4) is 0 Å². The first-order chi connectivity index (χ1) is 14.4. The van der Waals surface area contributed by atoms with Crippen LogP contribution in [0.3, 0.4) is 0 Å². The highest BCUT2D eigenvalue weighted by atomic mass is 32.2. The molecular formula is C21H25N5O3S. The number of pyridine rings is 1. The molecule has 0 bridgehead atoms. The first kappa shape index (κ1) is 21.7. The number of nitrogens with one attached hydrogen (secondary N) is 1. The van der Waals surface area contributed by atoms with E-state index in [1.54, 1.807) is 44.2 Å². The van der Waals surface area contributed by atoms with Crippen molar-refractivity contribution >= 4 is 27.7 Å². The van der Waals surface area contributed by atoms with E-state index in [2.05, 4.69) is 15.5 Å². The van der Waals surface area contributed by atoms with Crippen molar-refractivity contribution in [2.75, 3.05) is 13.1 Å². The molecule has 3 aromatic rings. The second-order valence-electron chi connectivity index (χ2n) is 6.71. The van der Waals surface area contributed by atoms with E-state index in [1.807, 2.05) is 35.7 Å². The average Bonchev–Trinajstić information content (AvgIpc) is 3.17. The van der Waals surface area contributed by atoms with Crippen molar-refractivity contribution in [1.82, 2.24) is 24.2 Å². The van der Waals surface area contributed by atoms with Crippen LogP contribution in [0.1, 0.15) is 38.2 Å². The van der Waals surface area contributed by atoms with E-state index >= 15 is 0 Å². The second-order valence-corrected chi connectivity index (χ2v) is 8.65. The number of carbonyl (C=O) groups excluding carboxylic acids is 1. The summed E-state index contributed by atoms with van der Waals surface area (Å²) >= 11 is 0. The van der Waals surface area contributed by atoms with Crippen LogP contribution >= 0.6 is 0 Å². The highest BCUT2D eigenvalue weighted by Crippen LogP contribution is 2.17. The Morgan fingerprint density at radius 3 is 2.50 bits per heavy atom. The minimum Gasteiger partial charge on any atom is -0.343 e. The van der Waals surface area contributed by atoms with Gasteiger partial charge >= 0.3 is 0 Å². The molecule has 0 aliphatic heterocycles. The lowest BCUT2D eigenvalue weighted by atomic mass is 10.2. The summed E-state index contributed by atoms with van der Waals surface area (Å²) in [6.45, 7) is 6.28. The van der Waals surface area contributed by atoms with Gasteiger partial charge in [0.15, 0.2) is 11.5 Å². The summed E-state index contributed by atoms with van der Waals surface area (Å²) in [5.74, 6) is 0.355. The number of sulfonamides is 1. The molecule has 2 heterocycles. The monoisotopic (exact) mass is 427 g/mol. The van der Waals surface area contributed by atoms with Crippen molar-refractivity contribution in [3.63, 3.8) is 0 Å². The summed E-state index contributed by atoms with van der Waals surface area (Å²) in [7, 11) is -3.49. The van der Waals surface area contributed by atoms with Crippen molar-refractivity contribution < 1.29 is 13.2 Å². The summed E-state index contributed by atoms with van der Waals surface area (Å²) in [5, 5.41) is 11.1. The Labute approximate surface area is 176 Å². The number of benzene rings is 1. The number of rotatable bonds is 8. The number of amides is 1. The van der Waals surface area contributed by atoms with Crippen molar-refractivity contribution in [2.45, 2.75) is 31.7 Å². The average molecular weight is 428 g/mol. The normalized spacial score (nSPS) is 13.2. The first-order valence-electron chi connectivity index (χ1n) is 9.75. The van der Waals surface area contributed by atoms with Crippen LogP contribution in [0.5, 0.6) is 0 Å². The molecule has 1 aromatic carbocycles. The molecule has 0 radical (unpaired) electrons. The molecule has 0 aliphatic carbocycles. The molecule has 1 atom stereocenters. The van der Waals surface area contributed by atoms with E-state index < -0.39 is 10.0 Å². The second kappa shape index (κ2) is 9.19. The molecular weight excluding hydrogens is 402 g/mol. The fourth-order valence-corrected chi connectivity index (χ4v) is 4.57. The molecule has 158 valence electrons. The van der Waals surface area contributed by atoms with Gasteiger partial charge in [-0.3, -0.25) is 9.20 Å². The molecule has 2 aromatic heterocycles. The van der Waals surface area contributed by atoms with Gasteiger partial charge in [-0.05, 0) is 42.8 Å². The Kier molecular flexibility index (Phi) is 6.63. The van der Waals surface area contributed by atoms with Crippen LogP contribution in [0.4, 0.5) is 0 Å². The van der Waals surface area contributed by atoms with Crippen LogP contribution in [0.25, 0.3) is 11.7 Å². The lowest BCUT2D eigenvalue weighted by Gasteiger charge is -2.18. The van der Waals surface area contributed by atoms with E-state index in [0.29, 0.717) is 24.6 Å². The van der Waals surface area contributed by atoms with Gasteiger partial charge in [0.2, 0.25) is 15.9 Å². The minimum atomic E-state index is -3.49. The number of hydrogen-bond acceptors (Lipinski definition) is 5. The van der Waals surface area contributed by atoms with Crippen molar-refractivity contribution in [1.29, 1.82) is 0 Å². The molecule has 8 nitrogen and oxygen atoms in total. The summed E-state index contributed by atoms with van der Waals surface area (Å²) in [6.07, 6.45) is 4.89. The Balaban J connectivity index is 1.66. The lowest BCUT2D eigenvalue weighted by molar-refractivity contribution is -0.117. The van der Waals surface area contributed by atoms with E-state index in [1.165, 1.54) is 10.4 Å². The zero-order valence-electron chi connectivity index (χ0n) is 17.2. The van der Waals surface area contributed by atoms with Crippen LogP contribution in [-0.4, -0.2) is 46.3 Å². The standard InChI is InChI=1S/C21H25N5O3S/c1-4-25(5-2)30(28,29)18-12-9-17(10-13-18)11-14-20(27)22-16(3)21-24-23-19-8-6-7-15-26(19)21/h6-16H,4-5H2,1-3H3,(H,22,27)/b14-11+. The number of carbonyl (C=O) groups is 1. The molecule has 9 heteroatoms. The molecule has 0 saturated heterocycles. The van der Waals surface area contributed by atoms with Gasteiger partial charge in [-0.15, -0.1) is 10.2 Å². The summed E-state index contributed by atoms with van der Waals surface area (Å²) in [4.78, 5) is 12.5. The topological polar surface area (TPSA) is 96.7 Å². The third-order valence-electron chi connectivity index (χ3n) is 4.74. The van der Waals surface area contributed by atoms with Gasteiger partial charge < -0.3 is 5.32 Å². The van der Waals surface area contributed by atoms with E-state index in [0.717, 1.165) is 5.56 Å². The van der Waals surface area contributed by atoms with E-state index in [9.17, 15) is 13.2 Å². The van der Waals surface area contributed by atoms with Crippen LogP contribution in [0.2, 0.25) is 0 Å². The van der Waals surface area contributed by atoms with E-state index in [-0.39, 0.29) is 16.8 Å². The van der Waals surface area contributed by atoms with Gasteiger partial charge in [0.05, 0.1) is 10.9 Å². The fraction of sp³-hybridized carbons (Fsp3) is 0.286. The van der Waals surface area contributed by atoms with Crippen LogP contribution < -0.4 is 5.32 Å². The Morgan fingerprint density at radius 1 is 1.13 bits per heavy atom. The molecule has 1 N–H and O–H groups in total. The summed E-state index contributed by atoms with van der Waals surface area (Å²) < 4.78 is 28.3. The maximum absolute atomic E-state index is 12.5. The van der Waals surface area contributed by atoms with Gasteiger partial charge in [-0.2, -0.15) is 4.31 Å². The highest BCUT2D eigenvalue weighted by Gasteiger charge is 2.21. The molecule has 0 spiro atoms. The number of hydrogen-bond donors (Lipinski definition) is 1. The van der Waals surface area contributed by atoms with Crippen LogP contribution in [0, 0.1) is 0 Å². The molecule has 1 amide bonds. The molecule has 1 unspecified atom stereocenters. The summed E-state index contributed by atoms with van der Waals surface area (Å²) in [5.41, 5.74) is 1.44. The molecule has 0 aliphatic rings. The van der Waals surface area contributed by atoms with E-state index in [4.69, 9.17) is 0 Å². The molecule has 3 rings (SSSR count). The van der Waals surface area contributed by atoms with Crippen molar-refractivity contribution in [2.24, 2.45) is 0 Å². The lowest BCUT2D eigenvalue weighted by Crippen LogP contribution is -2.30. The maximum atomic E-state index is 12.5. The number of fused-ring (bicyclic) bond motifs is 1. The fourth-order valence-electron chi connectivity index (χ4n) is 3.12. The molecule has 0 saturated carbocycles. The largest absolute Gasteiger partial charge is 0.343 e. The predicted octanol–water partition coefficient (Wildman–Crippen LogP) is 2.65. The van der Waals surface area contributed by atoms with Gasteiger partial charge in [0.1, 0.15) is 0 Å². The SMILES string of the molecule is CCN(CC)S(=O)(=O)c1ccc(/C=C/C(=O)NC(C)c2nnc3ccccn23)cc1. The van der Waals surface area contributed by atoms with Gasteiger partial charge in [0, 0.05) is 25.4 Å². The number of aromatic nitrogens is 3. The molecule has 30 heavy (non-hydrogen) atoms. The van der Waals surface area contributed by atoms with Gasteiger partial charge in [-0.1, -0.05) is 32.0 Å². The highest BCUT2D eigenvalue weighted by molar-refractivity contribution is 7.89. The van der Waals surface area contributed by atoms with Gasteiger partial charge in [-0.25, -0.2) is 8.42 Å². The Morgan fingerprint density at radius 2 is 1.83 bits per heavy atom. The van der Waals surface area contributed by atoms with Crippen LogP contribution in [0.15, 0.2) is 59.6 Å². The third-order valence-corrected chi connectivity index (χ3v) is 6.80. The zero-order valence-corrected chi connectivity index (χ0v) is 18.0. The smallest absolute Gasteiger partial charge is 0.244 e. The van der Waals surface area contributed by atoms with Gasteiger partial charge in [0.25, 0.3) is 0 Å². The Bertz CT molecular complexity index is 1150. The minimum absolute atomic E-state index is 0.236.